The molecule has 0 aliphatic carbocycles. The van der Waals surface area contributed by atoms with Gasteiger partial charge in [-0.25, -0.2) is 9.97 Å². The van der Waals surface area contributed by atoms with Gasteiger partial charge in [0.2, 0.25) is 5.91 Å². The van der Waals surface area contributed by atoms with Crippen molar-refractivity contribution >= 4 is 17.1 Å². The van der Waals surface area contributed by atoms with Crippen molar-refractivity contribution < 1.29 is 19.7 Å². The number of carbonyl (C=O) groups is 1. The number of hydrogen-bond donors (Lipinski definition) is 5. The van der Waals surface area contributed by atoms with Crippen molar-refractivity contribution in [1.82, 2.24) is 24.8 Å². The monoisotopic (exact) mass is 366 g/mol. The summed E-state index contributed by atoms with van der Waals surface area (Å²) in [5.74, 6) is -0.427. The normalized spacial score (nSPS) is 26.9. The number of rotatable bonds is 6. The van der Waals surface area contributed by atoms with Crippen LogP contribution in [0.5, 0.6) is 0 Å². The lowest BCUT2D eigenvalue weighted by Gasteiger charge is -2.22. The number of fused-ring (bicyclic) bond motifs is 1. The van der Waals surface area contributed by atoms with Crippen molar-refractivity contribution in [2.24, 2.45) is 5.73 Å². The van der Waals surface area contributed by atoms with Gasteiger partial charge in [0.1, 0.15) is 12.2 Å². The maximum Gasteiger partial charge on any atom is 0.278 e. The molecule has 2 aromatic heterocycles. The second-order valence-corrected chi connectivity index (χ2v) is 6.22. The van der Waals surface area contributed by atoms with E-state index < -0.39 is 48.6 Å². The summed E-state index contributed by atoms with van der Waals surface area (Å²) in [6.07, 6.45) is 0.779. The molecule has 3 rings (SSSR count). The Labute approximate surface area is 148 Å². The number of aliphatic hydroxyl groups excluding tert-OH is 2. The van der Waals surface area contributed by atoms with Crippen molar-refractivity contribution in [2.75, 3.05) is 6.61 Å². The molecule has 0 radical (unpaired) electrons. The zero-order valence-electron chi connectivity index (χ0n) is 14.2. The molecule has 142 valence electrons. The summed E-state index contributed by atoms with van der Waals surface area (Å²) in [7, 11) is 0. The summed E-state index contributed by atoms with van der Waals surface area (Å²) >= 11 is 0. The average molecular weight is 366 g/mol. The quantitative estimate of drug-likeness (QED) is 0.390. The van der Waals surface area contributed by atoms with Gasteiger partial charge in [0.05, 0.1) is 31.3 Å². The van der Waals surface area contributed by atoms with E-state index in [-0.39, 0.29) is 11.2 Å². The molecule has 11 nitrogen and oxygen atoms in total. The minimum Gasteiger partial charge on any atom is -0.394 e. The fourth-order valence-electron chi connectivity index (χ4n) is 3.07. The van der Waals surface area contributed by atoms with Crippen molar-refractivity contribution in [3.63, 3.8) is 0 Å². The maximum atomic E-state index is 12.2. The Morgan fingerprint density at radius 2 is 2.31 bits per heavy atom. The van der Waals surface area contributed by atoms with Gasteiger partial charge >= 0.3 is 0 Å². The third kappa shape index (κ3) is 3.21. The van der Waals surface area contributed by atoms with Crippen LogP contribution in [0.1, 0.15) is 26.0 Å². The zero-order chi connectivity index (χ0) is 18.8. The molecule has 11 heteroatoms. The fraction of sp³-hybridized carbons (Fsp3) is 0.600. The number of hydrogen-bond acceptors (Lipinski definition) is 8. The topological polar surface area (TPSA) is 168 Å². The van der Waals surface area contributed by atoms with E-state index in [9.17, 15) is 19.8 Å². The Hall–Kier alpha value is -2.34. The number of H-pyrrole nitrogens is 1. The summed E-state index contributed by atoms with van der Waals surface area (Å²) in [6.45, 7) is 1.49. The van der Waals surface area contributed by atoms with Crippen LogP contribution in [0, 0.1) is 0 Å². The predicted octanol–water partition coefficient (Wildman–Crippen LogP) is -2.02. The van der Waals surface area contributed by atoms with E-state index in [1.54, 1.807) is 0 Å². The number of nitrogens with two attached hydrogens (primary N) is 1. The average Bonchev–Trinajstić information content (AvgIpc) is 3.18. The molecule has 26 heavy (non-hydrogen) atoms. The van der Waals surface area contributed by atoms with E-state index in [0.29, 0.717) is 6.42 Å². The Balaban J connectivity index is 1.85. The Kier molecular flexibility index (Phi) is 5.32. The highest BCUT2D eigenvalue weighted by Gasteiger charge is 2.46. The summed E-state index contributed by atoms with van der Waals surface area (Å²) in [4.78, 5) is 34.4. The molecular weight excluding hydrogens is 344 g/mol. The maximum absolute atomic E-state index is 12.2. The third-order valence-electron chi connectivity index (χ3n) is 4.44. The molecule has 1 saturated heterocycles. The van der Waals surface area contributed by atoms with Crippen LogP contribution in [0.15, 0.2) is 17.4 Å². The first-order valence-corrected chi connectivity index (χ1v) is 8.38. The molecule has 0 bridgehead atoms. The first-order chi connectivity index (χ1) is 12.5. The Morgan fingerprint density at radius 3 is 3.00 bits per heavy atom. The van der Waals surface area contributed by atoms with Gasteiger partial charge in [-0.3, -0.25) is 14.2 Å². The van der Waals surface area contributed by atoms with Gasteiger partial charge in [-0.05, 0) is 6.42 Å². The highest BCUT2D eigenvalue weighted by Crippen LogP contribution is 2.30. The largest absolute Gasteiger partial charge is 0.394 e. The van der Waals surface area contributed by atoms with Gasteiger partial charge in [-0.15, -0.1) is 0 Å². The fourth-order valence-corrected chi connectivity index (χ4v) is 3.07. The number of aliphatic hydroxyl groups is 2. The first-order valence-electron chi connectivity index (χ1n) is 8.38. The van der Waals surface area contributed by atoms with Gasteiger partial charge in [-0.2, -0.15) is 0 Å². The third-order valence-corrected chi connectivity index (χ3v) is 4.44. The van der Waals surface area contributed by atoms with Crippen LogP contribution in [0.2, 0.25) is 0 Å². The molecule has 1 aliphatic heterocycles. The molecule has 2 aromatic rings. The van der Waals surface area contributed by atoms with Crippen LogP contribution in [-0.4, -0.2) is 66.5 Å². The van der Waals surface area contributed by atoms with Gasteiger partial charge in [0, 0.05) is 0 Å². The summed E-state index contributed by atoms with van der Waals surface area (Å²) in [5.41, 5.74) is 5.70. The van der Waals surface area contributed by atoms with Gasteiger partial charge in [-0.1, -0.05) is 13.3 Å². The Morgan fingerprint density at radius 1 is 1.54 bits per heavy atom. The molecule has 6 N–H and O–H groups in total. The second-order valence-electron chi connectivity index (χ2n) is 6.22. The van der Waals surface area contributed by atoms with Crippen LogP contribution < -0.4 is 16.6 Å². The molecule has 1 amide bonds. The van der Waals surface area contributed by atoms with Crippen LogP contribution in [0.25, 0.3) is 11.2 Å². The van der Waals surface area contributed by atoms with E-state index in [1.165, 1.54) is 17.2 Å². The van der Waals surface area contributed by atoms with Crippen LogP contribution in [-0.2, 0) is 9.53 Å². The highest BCUT2D eigenvalue weighted by atomic mass is 16.5. The minimum atomic E-state index is -1.19. The number of aromatic nitrogens is 4. The molecule has 0 spiro atoms. The first kappa shape index (κ1) is 18.5. The van der Waals surface area contributed by atoms with E-state index in [0.717, 1.165) is 6.42 Å². The lowest BCUT2D eigenvalue weighted by Crippen LogP contribution is -2.53. The zero-order valence-corrected chi connectivity index (χ0v) is 14.2. The minimum absolute atomic E-state index is 0.0984. The van der Waals surface area contributed by atoms with E-state index in [2.05, 4.69) is 20.3 Å². The lowest BCUT2D eigenvalue weighted by molar-refractivity contribution is -0.124. The van der Waals surface area contributed by atoms with E-state index in [1.807, 2.05) is 6.92 Å². The Bertz CT molecular complexity index is 835. The molecular formula is C15H22N6O5. The van der Waals surface area contributed by atoms with E-state index in [4.69, 9.17) is 10.5 Å². The number of imidazole rings is 1. The number of nitrogens with zero attached hydrogens (tertiary/aromatic N) is 3. The molecule has 3 heterocycles. The number of aromatic amines is 1. The smallest absolute Gasteiger partial charge is 0.278 e. The van der Waals surface area contributed by atoms with E-state index >= 15 is 0 Å². The van der Waals surface area contributed by atoms with Crippen LogP contribution >= 0.6 is 0 Å². The molecule has 5 atom stereocenters. The van der Waals surface area contributed by atoms with Crippen LogP contribution in [0.3, 0.4) is 0 Å². The molecule has 0 aromatic carbocycles. The second kappa shape index (κ2) is 7.50. The molecule has 1 fully saturated rings. The van der Waals surface area contributed by atoms with Gasteiger partial charge in [0.15, 0.2) is 17.4 Å². The van der Waals surface area contributed by atoms with Crippen molar-refractivity contribution in [3.8, 4) is 0 Å². The molecule has 3 unspecified atom stereocenters. The molecule has 0 saturated carbocycles. The lowest BCUT2D eigenvalue weighted by atomic mass is 10.1. The SMILES string of the molecule is CCCC(N)C(=O)NC1C(O)[C@H](n2cnc3c(=O)[nH]cnc32)O[C@@H]1CO. The number of carbonyl (C=O) groups excluding carboxylic acids is 1. The van der Waals surface area contributed by atoms with Crippen molar-refractivity contribution in [2.45, 2.75) is 50.3 Å². The predicted molar refractivity (Wildman–Crippen MR) is 90.0 cm³/mol. The van der Waals surface area contributed by atoms with Crippen molar-refractivity contribution in [1.29, 1.82) is 0 Å². The standard InChI is InChI=1S/C15H22N6O5/c1-2-3-7(16)13(24)20-9-8(4-22)26-15(11(9)23)21-6-19-10-12(21)17-5-18-14(10)25/h5-9,11,15,22-23H,2-4,16H2,1H3,(H,20,24)(H,17,18,25)/t7?,8-,9?,11?,15-/m1/s1. The highest BCUT2D eigenvalue weighted by molar-refractivity contribution is 5.81. The number of ether oxygens (including phenoxy) is 1. The number of amides is 1. The van der Waals surface area contributed by atoms with Crippen LogP contribution in [0.4, 0.5) is 0 Å². The van der Waals surface area contributed by atoms with Crippen molar-refractivity contribution in [3.05, 3.63) is 23.0 Å². The molecule has 1 aliphatic rings. The summed E-state index contributed by atoms with van der Waals surface area (Å²) in [5, 5.41) is 22.9. The van der Waals surface area contributed by atoms with Gasteiger partial charge < -0.3 is 31.0 Å². The number of nitrogens with one attached hydrogen (secondary N) is 2. The van der Waals surface area contributed by atoms with Gasteiger partial charge in [0.25, 0.3) is 5.56 Å². The summed E-state index contributed by atoms with van der Waals surface area (Å²) < 4.78 is 7.08. The summed E-state index contributed by atoms with van der Waals surface area (Å²) in [6, 6.07) is -1.57.